The van der Waals surface area contributed by atoms with Gasteiger partial charge >= 0.3 is 6.18 Å². The fourth-order valence-corrected chi connectivity index (χ4v) is 3.06. The van der Waals surface area contributed by atoms with Crippen molar-refractivity contribution in [2.45, 2.75) is 11.3 Å². The molecule has 6 nitrogen and oxygen atoms in total. The number of nitrogens with zero attached hydrogens (tertiary/aromatic N) is 3. The summed E-state index contributed by atoms with van der Waals surface area (Å²) in [7, 11) is 1.54. The number of hydrogen-bond donors (Lipinski definition) is 2. The Bertz CT molecular complexity index is 1020. The second kappa shape index (κ2) is 7.06. The van der Waals surface area contributed by atoms with Gasteiger partial charge < -0.3 is 15.0 Å². The van der Waals surface area contributed by atoms with Crippen LogP contribution in [0.5, 0.6) is 5.75 Å². The van der Waals surface area contributed by atoms with Gasteiger partial charge in [-0.15, -0.1) is 0 Å². The lowest BCUT2D eigenvalue weighted by atomic mass is 10.3. The van der Waals surface area contributed by atoms with Crippen molar-refractivity contribution in [1.29, 1.82) is 0 Å². The fraction of sp³-hybridized carbons (Fsp3) is 0.188. The topological polar surface area (TPSA) is 80.0 Å². The highest BCUT2D eigenvalue weighted by Gasteiger charge is 2.33. The molecule has 0 spiro atoms. The van der Waals surface area contributed by atoms with Crippen LogP contribution in [-0.4, -0.2) is 31.3 Å². The molecule has 2 aromatic heterocycles. The van der Waals surface area contributed by atoms with Crippen molar-refractivity contribution in [3.05, 3.63) is 42.0 Å². The summed E-state index contributed by atoms with van der Waals surface area (Å²) in [5.41, 5.74) is -0.299. The third kappa shape index (κ3) is 4.13. The predicted octanol–water partition coefficient (Wildman–Crippen LogP) is 3.56. The Morgan fingerprint density at radius 1 is 1.33 bits per heavy atom. The lowest BCUT2D eigenvalue weighted by Gasteiger charge is -2.07. The number of fused-ring (bicyclic) bond motifs is 1. The van der Waals surface area contributed by atoms with E-state index >= 15 is 0 Å². The number of benzene rings is 1. The van der Waals surface area contributed by atoms with Gasteiger partial charge in [-0.1, -0.05) is 11.8 Å². The number of alkyl halides is 3. The quantitative estimate of drug-likeness (QED) is 0.517. The first-order valence-corrected chi connectivity index (χ1v) is 8.44. The molecular formula is C16H12F4N4O2S. The second-order valence-electron chi connectivity index (χ2n) is 5.51. The van der Waals surface area contributed by atoms with Gasteiger partial charge in [0.15, 0.2) is 16.7 Å². The Kier molecular flexibility index (Phi) is 4.96. The number of phenolic OH excluding ortho intramolecular Hbond substituents is 1. The van der Waals surface area contributed by atoms with Gasteiger partial charge in [0.1, 0.15) is 11.2 Å². The number of aryl methyl sites for hydroxylation is 1. The number of halogens is 4. The molecule has 0 unspecified atom stereocenters. The van der Waals surface area contributed by atoms with Gasteiger partial charge in [0.05, 0.1) is 17.5 Å². The summed E-state index contributed by atoms with van der Waals surface area (Å²) in [6.45, 7) is 0. The number of nitrogens with one attached hydrogen (secondary N) is 1. The molecule has 27 heavy (non-hydrogen) atoms. The van der Waals surface area contributed by atoms with Crippen molar-refractivity contribution in [3.63, 3.8) is 0 Å². The minimum Gasteiger partial charge on any atom is -0.505 e. The predicted molar refractivity (Wildman–Crippen MR) is 90.9 cm³/mol. The minimum absolute atomic E-state index is 0.0884. The minimum atomic E-state index is -4.56. The van der Waals surface area contributed by atoms with Crippen molar-refractivity contribution >= 4 is 34.4 Å². The van der Waals surface area contributed by atoms with E-state index in [4.69, 9.17) is 0 Å². The number of pyridine rings is 1. The molecule has 2 heterocycles. The maximum Gasteiger partial charge on any atom is 0.433 e. The molecule has 0 aliphatic rings. The first-order chi connectivity index (χ1) is 12.6. The molecule has 3 rings (SSSR count). The van der Waals surface area contributed by atoms with Crippen molar-refractivity contribution in [1.82, 2.24) is 14.5 Å². The highest BCUT2D eigenvalue weighted by molar-refractivity contribution is 7.99. The Morgan fingerprint density at radius 3 is 2.74 bits per heavy atom. The number of aromatic nitrogens is 3. The molecule has 3 aromatic rings. The van der Waals surface area contributed by atoms with E-state index < -0.39 is 29.3 Å². The number of phenols is 1. The molecule has 0 aliphatic carbocycles. The van der Waals surface area contributed by atoms with Crippen molar-refractivity contribution in [2.24, 2.45) is 7.05 Å². The molecule has 142 valence electrons. The molecular weight excluding hydrogens is 388 g/mol. The molecule has 2 N–H and O–H groups in total. The Labute approximate surface area is 154 Å². The summed E-state index contributed by atoms with van der Waals surface area (Å²) >= 11 is 1.02. The molecule has 1 amide bonds. The van der Waals surface area contributed by atoms with Gasteiger partial charge in [-0.25, -0.2) is 14.4 Å². The number of anilines is 1. The average Bonchev–Trinajstić information content (AvgIpc) is 2.91. The first kappa shape index (κ1) is 19.0. The van der Waals surface area contributed by atoms with E-state index in [1.165, 1.54) is 17.7 Å². The first-order valence-electron chi connectivity index (χ1n) is 7.46. The normalized spacial score (nSPS) is 11.7. The Balaban J connectivity index is 1.72. The van der Waals surface area contributed by atoms with Gasteiger partial charge in [-0.05, 0) is 18.2 Å². The zero-order valence-corrected chi connectivity index (χ0v) is 14.5. The SMILES string of the molecule is Cn1c(SCC(=O)Nc2ccc(F)c(O)c2)nc2cnc(C(F)(F)F)cc21. The van der Waals surface area contributed by atoms with Crippen LogP contribution in [0.15, 0.2) is 35.6 Å². The number of amides is 1. The van der Waals surface area contributed by atoms with Crippen molar-refractivity contribution < 1.29 is 27.5 Å². The number of carbonyl (C=O) groups excluding carboxylic acids is 1. The summed E-state index contributed by atoms with van der Waals surface area (Å²) < 4.78 is 52.8. The number of imidazole rings is 1. The summed E-state index contributed by atoms with van der Waals surface area (Å²) in [6.07, 6.45) is -3.53. The third-order valence-corrected chi connectivity index (χ3v) is 4.61. The number of hydrogen-bond acceptors (Lipinski definition) is 5. The molecule has 1 aromatic carbocycles. The van der Waals surface area contributed by atoms with Gasteiger partial charge in [-0.2, -0.15) is 13.2 Å². The molecule has 0 aliphatic heterocycles. The molecule has 0 radical (unpaired) electrons. The van der Waals surface area contributed by atoms with Crippen molar-refractivity contribution in [2.75, 3.05) is 11.1 Å². The molecule has 0 fully saturated rings. The zero-order valence-electron chi connectivity index (χ0n) is 13.7. The van der Waals surface area contributed by atoms with Crippen LogP contribution in [0.3, 0.4) is 0 Å². The second-order valence-corrected chi connectivity index (χ2v) is 6.45. The van der Waals surface area contributed by atoms with Crippen LogP contribution in [0.2, 0.25) is 0 Å². The van der Waals surface area contributed by atoms with E-state index in [1.807, 2.05) is 0 Å². The molecule has 0 saturated carbocycles. The Morgan fingerprint density at radius 2 is 2.07 bits per heavy atom. The maximum absolute atomic E-state index is 13.0. The summed E-state index contributed by atoms with van der Waals surface area (Å²) in [5, 5.41) is 12.1. The number of aromatic hydroxyl groups is 1. The maximum atomic E-state index is 13.0. The van der Waals surface area contributed by atoms with E-state index in [9.17, 15) is 27.5 Å². The van der Waals surface area contributed by atoms with E-state index in [2.05, 4.69) is 15.3 Å². The van der Waals surface area contributed by atoms with E-state index in [0.29, 0.717) is 5.16 Å². The van der Waals surface area contributed by atoms with E-state index in [-0.39, 0.29) is 22.5 Å². The fourth-order valence-electron chi connectivity index (χ4n) is 2.28. The van der Waals surface area contributed by atoms with Gasteiger partial charge in [0.25, 0.3) is 0 Å². The zero-order chi connectivity index (χ0) is 19.8. The van der Waals surface area contributed by atoms with Crippen LogP contribution in [0.25, 0.3) is 11.0 Å². The largest absolute Gasteiger partial charge is 0.505 e. The molecule has 11 heteroatoms. The van der Waals surface area contributed by atoms with E-state index in [1.54, 1.807) is 0 Å². The molecule has 0 saturated heterocycles. The van der Waals surface area contributed by atoms with Crippen LogP contribution in [-0.2, 0) is 18.0 Å². The van der Waals surface area contributed by atoms with E-state index in [0.717, 1.165) is 36.2 Å². The van der Waals surface area contributed by atoms with Crippen molar-refractivity contribution in [3.8, 4) is 5.75 Å². The van der Waals surface area contributed by atoms with Gasteiger partial charge in [0, 0.05) is 18.8 Å². The van der Waals surface area contributed by atoms with Gasteiger partial charge in [0.2, 0.25) is 5.91 Å². The lowest BCUT2D eigenvalue weighted by Crippen LogP contribution is -2.14. The highest BCUT2D eigenvalue weighted by Crippen LogP contribution is 2.31. The van der Waals surface area contributed by atoms with Crippen LogP contribution < -0.4 is 5.32 Å². The summed E-state index contributed by atoms with van der Waals surface area (Å²) in [5.74, 6) is -1.95. The van der Waals surface area contributed by atoms with Crippen LogP contribution in [0.1, 0.15) is 5.69 Å². The number of carbonyl (C=O) groups is 1. The Hall–Kier alpha value is -2.82. The number of rotatable bonds is 4. The molecule has 0 atom stereocenters. The summed E-state index contributed by atoms with van der Waals surface area (Å²) in [6, 6.07) is 4.26. The highest BCUT2D eigenvalue weighted by atomic mass is 32.2. The number of thioether (sulfide) groups is 1. The monoisotopic (exact) mass is 400 g/mol. The van der Waals surface area contributed by atoms with Crippen LogP contribution in [0.4, 0.5) is 23.2 Å². The third-order valence-electron chi connectivity index (χ3n) is 3.58. The lowest BCUT2D eigenvalue weighted by molar-refractivity contribution is -0.141. The summed E-state index contributed by atoms with van der Waals surface area (Å²) in [4.78, 5) is 19.5. The average molecular weight is 400 g/mol. The smallest absolute Gasteiger partial charge is 0.433 e. The van der Waals surface area contributed by atoms with Gasteiger partial charge in [-0.3, -0.25) is 4.79 Å². The standard InChI is InChI=1S/C16H12F4N4O2S/c1-24-11-5-13(16(18,19)20)21-6-10(11)23-15(24)27-7-14(26)22-8-2-3-9(17)12(25)4-8/h2-6,25H,7H2,1H3,(H,22,26). The van der Waals surface area contributed by atoms with Crippen LogP contribution in [0, 0.1) is 5.82 Å². The molecule has 0 bridgehead atoms. The van der Waals surface area contributed by atoms with Crippen LogP contribution >= 0.6 is 11.8 Å².